The third kappa shape index (κ3) is 5.57. The quantitative estimate of drug-likeness (QED) is 0.807. The lowest BCUT2D eigenvalue weighted by Crippen LogP contribution is -2.30. The van der Waals surface area contributed by atoms with Crippen molar-refractivity contribution in [3.05, 3.63) is 29.6 Å². The van der Waals surface area contributed by atoms with E-state index in [1.807, 2.05) is 0 Å². The van der Waals surface area contributed by atoms with Crippen LogP contribution in [0.5, 0.6) is 5.75 Å². The van der Waals surface area contributed by atoms with Gasteiger partial charge in [-0.15, -0.1) is 0 Å². The second-order valence-electron chi connectivity index (χ2n) is 5.29. The molecule has 0 aliphatic carbocycles. The highest BCUT2D eigenvalue weighted by molar-refractivity contribution is 5.77. The molecule has 1 amide bonds. The Morgan fingerprint density at radius 3 is 2.65 bits per heavy atom. The van der Waals surface area contributed by atoms with Gasteiger partial charge in [0.25, 0.3) is 5.91 Å². The average Bonchev–Trinajstić information content (AvgIpc) is 2.35. The number of rotatable bonds is 7. The van der Waals surface area contributed by atoms with Crippen molar-refractivity contribution in [1.82, 2.24) is 5.32 Å². The Hall–Kier alpha value is -1.62. The Bertz CT molecular complexity index is 447. The van der Waals surface area contributed by atoms with E-state index in [1.54, 1.807) is 19.1 Å². The van der Waals surface area contributed by atoms with Crippen molar-refractivity contribution < 1.29 is 13.9 Å². The van der Waals surface area contributed by atoms with Gasteiger partial charge in [-0.25, -0.2) is 4.39 Å². The summed E-state index contributed by atoms with van der Waals surface area (Å²) in [4.78, 5) is 11.5. The van der Waals surface area contributed by atoms with Gasteiger partial charge in [-0.3, -0.25) is 4.79 Å². The summed E-state index contributed by atoms with van der Waals surface area (Å²) in [6.07, 6.45) is 0.920. The third-order valence-electron chi connectivity index (χ3n) is 2.88. The van der Waals surface area contributed by atoms with Gasteiger partial charge in [0.1, 0.15) is 11.6 Å². The lowest BCUT2D eigenvalue weighted by atomic mass is 10.1. The number of carbonyl (C=O) groups is 1. The van der Waals surface area contributed by atoms with Crippen molar-refractivity contribution >= 4 is 5.91 Å². The molecule has 0 radical (unpaired) electrons. The highest BCUT2D eigenvalue weighted by Gasteiger charge is 2.09. The SMILES string of the molecule is CC(C)CCNC(=O)COc1ccc([C@H](C)N)c(F)c1. The van der Waals surface area contributed by atoms with E-state index in [1.165, 1.54) is 6.07 Å². The first-order chi connectivity index (χ1) is 9.40. The minimum absolute atomic E-state index is 0.116. The predicted octanol–water partition coefficient (Wildman–Crippen LogP) is 2.39. The van der Waals surface area contributed by atoms with Crippen LogP contribution in [0, 0.1) is 11.7 Å². The summed E-state index contributed by atoms with van der Waals surface area (Å²) in [5.41, 5.74) is 6.05. The summed E-state index contributed by atoms with van der Waals surface area (Å²) >= 11 is 0. The topological polar surface area (TPSA) is 64.3 Å². The number of benzene rings is 1. The Labute approximate surface area is 119 Å². The van der Waals surface area contributed by atoms with Gasteiger partial charge in [-0.05, 0) is 25.3 Å². The fraction of sp³-hybridized carbons (Fsp3) is 0.533. The molecule has 0 spiro atoms. The highest BCUT2D eigenvalue weighted by atomic mass is 19.1. The molecule has 1 aromatic carbocycles. The maximum absolute atomic E-state index is 13.7. The summed E-state index contributed by atoms with van der Waals surface area (Å²) in [6.45, 7) is 6.39. The molecule has 1 atom stereocenters. The van der Waals surface area contributed by atoms with Crippen LogP contribution in [0.15, 0.2) is 18.2 Å². The Morgan fingerprint density at radius 1 is 1.40 bits per heavy atom. The summed E-state index contributed by atoms with van der Waals surface area (Å²) in [6, 6.07) is 4.07. The standard InChI is InChI=1S/C15H23FN2O2/c1-10(2)6-7-18-15(19)9-20-12-4-5-13(11(3)17)14(16)8-12/h4-5,8,10-11H,6-7,9,17H2,1-3H3,(H,18,19)/t11-/m0/s1. The molecule has 1 rings (SSSR count). The van der Waals surface area contributed by atoms with Crippen molar-refractivity contribution in [2.45, 2.75) is 33.2 Å². The molecule has 0 bridgehead atoms. The maximum atomic E-state index is 13.7. The molecule has 20 heavy (non-hydrogen) atoms. The second-order valence-corrected chi connectivity index (χ2v) is 5.29. The van der Waals surface area contributed by atoms with E-state index in [0.29, 0.717) is 23.8 Å². The highest BCUT2D eigenvalue weighted by Crippen LogP contribution is 2.20. The molecular weight excluding hydrogens is 259 g/mol. The first-order valence-electron chi connectivity index (χ1n) is 6.84. The molecule has 0 unspecified atom stereocenters. The average molecular weight is 282 g/mol. The zero-order chi connectivity index (χ0) is 15.1. The van der Waals surface area contributed by atoms with Crippen molar-refractivity contribution in [1.29, 1.82) is 0 Å². The van der Waals surface area contributed by atoms with E-state index < -0.39 is 5.82 Å². The number of ether oxygens (including phenoxy) is 1. The van der Waals surface area contributed by atoms with Crippen LogP contribution in [0.1, 0.15) is 38.8 Å². The number of carbonyl (C=O) groups excluding carboxylic acids is 1. The van der Waals surface area contributed by atoms with Gasteiger partial charge in [0.2, 0.25) is 0 Å². The van der Waals surface area contributed by atoms with E-state index in [2.05, 4.69) is 19.2 Å². The van der Waals surface area contributed by atoms with E-state index in [4.69, 9.17) is 10.5 Å². The van der Waals surface area contributed by atoms with Gasteiger partial charge in [-0.2, -0.15) is 0 Å². The van der Waals surface area contributed by atoms with Crippen LogP contribution in [0.25, 0.3) is 0 Å². The van der Waals surface area contributed by atoms with E-state index in [-0.39, 0.29) is 18.6 Å². The first-order valence-corrected chi connectivity index (χ1v) is 6.84. The Kier molecular flexibility index (Phi) is 6.45. The number of hydrogen-bond acceptors (Lipinski definition) is 3. The van der Waals surface area contributed by atoms with Crippen LogP contribution in [-0.4, -0.2) is 19.1 Å². The van der Waals surface area contributed by atoms with E-state index in [9.17, 15) is 9.18 Å². The minimum atomic E-state index is -0.419. The van der Waals surface area contributed by atoms with Crippen LogP contribution in [-0.2, 0) is 4.79 Å². The predicted molar refractivity (Wildman–Crippen MR) is 77.0 cm³/mol. The first kappa shape index (κ1) is 16.4. The fourth-order valence-corrected chi connectivity index (χ4v) is 1.67. The zero-order valence-electron chi connectivity index (χ0n) is 12.3. The number of nitrogens with two attached hydrogens (primary N) is 1. The Balaban J connectivity index is 2.42. The van der Waals surface area contributed by atoms with Gasteiger partial charge >= 0.3 is 0 Å². The fourth-order valence-electron chi connectivity index (χ4n) is 1.67. The molecule has 1 aromatic rings. The summed E-state index contributed by atoms with van der Waals surface area (Å²) < 4.78 is 18.9. The van der Waals surface area contributed by atoms with Crippen LogP contribution in [0.4, 0.5) is 4.39 Å². The number of amides is 1. The summed E-state index contributed by atoms with van der Waals surface area (Å²) in [5, 5.41) is 2.75. The largest absolute Gasteiger partial charge is 0.484 e. The van der Waals surface area contributed by atoms with Crippen LogP contribution >= 0.6 is 0 Å². The normalized spacial score (nSPS) is 12.3. The monoisotopic (exact) mass is 282 g/mol. The molecular formula is C15H23FN2O2. The minimum Gasteiger partial charge on any atom is -0.484 e. The lowest BCUT2D eigenvalue weighted by Gasteiger charge is -2.11. The molecule has 0 aliphatic rings. The molecule has 4 nitrogen and oxygen atoms in total. The lowest BCUT2D eigenvalue weighted by molar-refractivity contribution is -0.123. The molecule has 112 valence electrons. The summed E-state index contributed by atoms with van der Waals surface area (Å²) in [7, 11) is 0. The van der Waals surface area contributed by atoms with E-state index >= 15 is 0 Å². The molecule has 0 saturated heterocycles. The molecule has 0 saturated carbocycles. The number of halogens is 1. The summed E-state index contributed by atoms with van der Waals surface area (Å²) in [5.74, 6) is 0.238. The van der Waals surface area contributed by atoms with Crippen molar-refractivity contribution in [2.24, 2.45) is 11.7 Å². The van der Waals surface area contributed by atoms with E-state index in [0.717, 1.165) is 6.42 Å². The molecule has 0 aliphatic heterocycles. The van der Waals surface area contributed by atoms with Gasteiger partial charge in [0.15, 0.2) is 6.61 Å². The van der Waals surface area contributed by atoms with Crippen LogP contribution < -0.4 is 15.8 Å². The maximum Gasteiger partial charge on any atom is 0.257 e. The molecule has 3 N–H and O–H groups in total. The van der Waals surface area contributed by atoms with Gasteiger partial charge in [0, 0.05) is 24.2 Å². The smallest absolute Gasteiger partial charge is 0.257 e. The Morgan fingerprint density at radius 2 is 2.10 bits per heavy atom. The van der Waals surface area contributed by atoms with Gasteiger partial charge in [-0.1, -0.05) is 19.9 Å². The van der Waals surface area contributed by atoms with Gasteiger partial charge in [0.05, 0.1) is 0 Å². The van der Waals surface area contributed by atoms with Crippen LogP contribution in [0.2, 0.25) is 0 Å². The van der Waals surface area contributed by atoms with Crippen molar-refractivity contribution in [3.63, 3.8) is 0 Å². The van der Waals surface area contributed by atoms with Crippen LogP contribution in [0.3, 0.4) is 0 Å². The second kappa shape index (κ2) is 7.85. The number of hydrogen-bond donors (Lipinski definition) is 2. The molecule has 0 heterocycles. The third-order valence-corrected chi connectivity index (χ3v) is 2.88. The van der Waals surface area contributed by atoms with Crippen molar-refractivity contribution in [2.75, 3.05) is 13.2 Å². The van der Waals surface area contributed by atoms with Gasteiger partial charge < -0.3 is 15.8 Å². The molecule has 0 aromatic heterocycles. The van der Waals surface area contributed by atoms with Crippen molar-refractivity contribution in [3.8, 4) is 5.75 Å². The molecule has 0 fully saturated rings. The zero-order valence-corrected chi connectivity index (χ0v) is 12.3. The number of nitrogens with one attached hydrogen (secondary N) is 1. The molecule has 5 heteroatoms.